The van der Waals surface area contributed by atoms with Gasteiger partial charge >= 0.3 is 0 Å². The van der Waals surface area contributed by atoms with Gasteiger partial charge < -0.3 is 10.2 Å². The normalized spacial score (nSPS) is 34.8. The standard InChI is InChI=1S/C13H24N2O/c1-3-15-6-4-5-11(9-15)8-14-13(16)12-7-10(12)2/h10-12H,3-9H2,1-2H3,(H,14,16)/t10-,11-,12+/m1/s1. The lowest BCUT2D eigenvalue weighted by atomic mass is 9.98. The van der Waals surface area contributed by atoms with E-state index in [1.165, 1.54) is 19.4 Å². The van der Waals surface area contributed by atoms with Crippen LogP contribution in [0, 0.1) is 17.8 Å². The van der Waals surface area contributed by atoms with E-state index >= 15 is 0 Å². The van der Waals surface area contributed by atoms with Crippen LogP contribution >= 0.6 is 0 Å². The average molecular weight is 224 g/mol. The van der Waals surface area contributed by atoms with E-state index in [9.17, 15) is 4.79 Å². The van der Waals surface area contributed by atoms with Gasteiger partial charge in [0.15, 0.2) is 0 Å². The van der Waals surface area contributed by atoms with Crippen molar-refractivity contribution in [3.05, 3.63) is 0 Å². The molecule has 0 spiro atoms. The quantitative estimate of drug-likeness (QED) is 0.784. The van der Waals surface area contributed by atoms with Crippen LogP contribution in [-0.2, 0) is 4.79 Å². The van der Waals surface area contributed by atoms with E-state index in [4.69, 9.17) is 0 Å². The smallest absolute Gasteiger partial charge is 0.223 e. The maximum Gasteiger partial charge on any atom is 0.223 e. The SMILES string of the molecule is CCN1CCC[C@H](CNC(=O)[C@H]2C[C@H]2C)C1. The predicted molar refractivity (Wildman–Crippen MR) is 65.1 cm³/mol. The Labute approximate surface area is 98.6 Å². The van der Waals surface area contributed by atoms with Crippen LogP contribution in [0.4, 0.5) is 0 Å². The van der Waals surface area contributed by atoms with Crippen LogP contribution in [0.5, 0.6) is 0 Å². The van der Waals surface area contributed by atoms with Crippen LogP contribution in [0.3, 0.4) is 0 Å². The van der Waals surface area contributed by atoms with Gasteiger partial charge in [0.05, 0.1) is 0 Å². The fraction of sp³-hybridized carbons (Fsp3) is 0.923. The van der Waals surface area contributed by atoms with E-state index in [2.05, 4.69) is 24.1 Å². The molecule has 2 aliphatic rings. The number of rotatable bonds is 4. The first kappa shape index (κ1) is 11.9. The fourth-order valence-electron chi connectivity index (χ4n) is 2.67. The Morgan fingerprint density at radius 1 is 1.50 bits per heavy atom. The fourth-order valence-corrected chi connectivity index (χ4v) is 2.67. The predicted octanol–water partition coefficient (Wildman–Crippen LogP) is 1.49. The Bertz CT molecular complexity index is 254. The lowest BCUT2D eigenvalue weighted by molar-refractivity contribution is -0.122. The summed E-state index contributed by atoms with van der Waals surface area (Å²) in [5.74, 6) is 1.91. The Balaban J connectivity index is 1.67. The molecule has 1 saturated heterocycles. The third-order valence-corrected chi connectivity index (χ3v) is 4.06. The largest absolute Gasteiger partial charge is 0.356 e. The number of hydrogen-bond acceptors (Lipinski definition) is 2. The number of likely N-dealkylation sites (tertiary alicyclic amines) is 1. The molecule has 0 aromatic rings. The first-order valence-electron chi connectivity index (χ1n) is 6.70. The Morgan fingerprint density at radius 2 is 2.25 bits per heavy atom. The number of carbonyl (C=O) groups is 1. The number of nitrogens with one attached hydrogen (secondary N) is 1. The molecule has 2 rings (SSSR count). The molecule has 1 heterocycles. The van der Waals surface area contributed by atoms with Gasteiger partial charge in [0, 0.05) is 19.0 Å². The molecule has 1 aliphatic heterocycles. The van der Waals surface area contributed by atoms with Crippen molar-refractivity contribution in [2.24, 2.45) is 17.8 Å². The lowest BCUT2D eigenvalue weighted by Crippen LogP contribution is -2.41. The summed E-state index contributed by atoms with van der Waals surface area (Å²) in [7, 11) is 0. The maximum absolute atomic E-state index is 11.7. The van der Waals surface area contributed by atoms with Crippen LogP contribution in [0.2, 0.25) is 0 Å². The van der Waals surface area contributed by atoms with Crippen molar-refractivity contribution in [3.8, 4) is 0 Å². The minimum atomic E-state index is 0.293. The second-order valence-corrected chi connectivity index (χ2v) is 5.47. The average Bonchev–Trinajstić information content (AvgIpc) is 3.04. The number of nitrogens with zero attached hydrogens (tertiary/aromatic N) is 1. The highest BCUT2D eigenvalue weighted by atomic mass is 16.2. The molecule has 0 radical (unpaired) electrons. The van der Waals surface area contributed by atoms with Gasteiger partial charge in [-0.2, -0.15) is 0 Å². The Hall–Kier alpha value is -0.570. The highest BCUT2D eigenvalue weighted by Gasteiger charge is 2.39. The van der Waals surface area contributed by atoms with Crippen molar-refractivity contribution in [3.63, 3.8) is 0 Å². The molecule has 92 valence electrons. The summed E-state index contributed by atoms with van der Waals surface area (Å²) in [5, 5.41) is 3.12. The molecule has 0 aromatic heterocycles. The second kappa shape index (κ2) is 5.17. The Morgan fingerprint density at radius 3 is 2.88 bits per heavy atom. The molecule has 3 heteroatoms. The van der Waals surface area contributed by atoms with Gasteiger partial charge in [0.2, 0.25) is 5.91 Å². The van der Waals surface area contributed by atoms with Gasteiger partial charge in [-0.25, -0.2) is 0 Å². The van der Waals surface area contributed by atoms with Crippen molar-refractivity contribution in [2.75, 3.05) is 26.2 Å². The van der Waals surface area contributed by atoms with E-state index in [0.29, 0.717) is 23.7 Å². The van der Waals surface area contributed by atoms with Gasteiger partial charge in [0.1, 0.15) is 0 Å². The monoisotopic (exact) mass is 224 g/mol. The van der Waals surface area contributed by atoms with E-state index in [1.54, 1.807) is 0 Å². The summed E-state index contributed by atoms with van der Waals surface area (Å²) in [6.07, 6.45) is 3.66. The first-order chi connectivity index (χ1) is 7.70. The summed E-state index contributed by atoms with van der Waals surface area (Å²) >= 11 is 0. The third-order valence-electron chi connectivity index (χ3n) is 4.06. The van der Waals surface area contributed by atoms with Crippen LogP contribution in [0.1, 0.15) is 33.1 Å². The molecule has 1 aliphatic carbocycles. The van der Waals surface area contributed by atoms with Crippen LogP contribution in [0.25, 0.3) is 0 Å². The summed E-state index contributed by atoms with van der Waals surface area (Å²) < 4.78 is 0. The molecule has 0 bridgehead atoms. The highest BCUT2D eigenvalue weighted by molar-refractivity contribution is 5.81. The van der Waals surface area contributed by atoms with Crippen LogP contribution < -0.4 is 5.32 Å². The van der Waals surface area contributed by atoms with Gasteiger partial charge in [-0.1, -0.05) is 13.8 Å². The zero-order valence-electron chi connectivity index (χ0n) is 10.5. The second-order valence-electron chi connectivity index (χ2n) is 5.47. The summed E-state index contributed by atoms with van der Waals surface area (Å²) in [6, 6.07) is 0. The molecular weight excluding hydrogens is 200 g/mol. The number of amides is 1. The first-order valence-corrected chi connectivity index (χ1v) is 6.70. The van der Waals surface area contributed by atoms with Crippen molar-refractivity contribution >= 4 is 5.91 Å². The number of piperidine rings is 1. The summed E-state index contributed by atoms with van der Waals surface area (Å²) in [6.45, 7) is 8.80. The van der Waals surface area contributed by atoms with E-state index < -0.39 is 0 Å². The number of carbonyl (C=O) groups excluding carboxylic acids is 1. The highest BCUT2D eigenvalue weighted by Crippen LogP contribution is 2.37. The van der Waals surface area contributed by atoms with Crippen LogP contribution in [0.15, 0.2) is 0 Å². The summed E-state index contributed by atoms with van der Waals surface area (Å²) in [5.41, 5.74) is 0. The zero-order valence-corrected chi connectivity index (χ0v) is 10.5. The van der Waals surface area contributed by atoms with E-state index in [-0.39, 0.29) is 0 Å². The van der Waals surface area contributed by atoms with Gasteiger partial charge in [-0.15, -0.1) is 0 Å². The molecule has 16 heavy (non-hydrogen) atoms. The molecule has 1 saturated carbocycles. The Kier molecular flexibility index (Phi) is 3.85. The third kappa shape index (κ3) is 2.97. The van der Waals surface area contributed by atoms with E-state index in [0.717, 1.165) is 26.1 Å². The number of hydrogen-bond donors (Lipinski definition) is 1. The molecule has 0 aromatic carbocycles. The zero-order chi connectivity index (χ0) is 11.5. The minimum Gasteiger partial charge on any atom is -0.356 e. The van der Waals surface area contributed by atoms with Gasteiger partial charge in [0.25, 0.3) is 0 Å². The minimum absolute atomic E-state index is 0.293. The van der Waals surface area contributed by atoms with Gasteiger partial charge in [-0.3, -0.25) is 4.79 Å². The van der Waals surface area contributed by atoms with Crippen molar-refractivity contribution in [1.82, 2.24) is 10.2 Å². The molecule has 1 N–H and O–H groups in total. The van der Waals surface area contributed by atoms with E-state index in [1.807, 2.05) is 0 Å². The molecule has 3 nitrogen and oxygen atoms in total. The van der Waals surface area contributed by atoms with Crippen LogP contribution in [-0.4, -0.2) is 37.0 Å². The molecule has 2 fully saturated rings. The topological polar surface area (TPSA) is 32.3 Å². The van der Waals surface area contributed by atoms with Gasteiger partial charge in [-0.05, 0) is 44.2 Å². The molecular formula is C13H24N2O. The molecule has 0 unspecified atom stereocenters. The lowest BCUT2D eigenvalue weighted by Gasteiger charge is -2.31. The van der Waals surface area contributed by atoms with Crippen molar-refractivity contribution < 1.29 is 4.79 Å². The maximum atomic E-state index is 11.7. The van der Waals surface area contributed by atoms with Crippen molar-refractivity contribution in [1.29, 1.82) is 0 Å². The van der Waals surface area contributed by atoms with Crippen molar-refractivity contribution in [2.45, 2.75) is 33.1 Å². The molecule has 3 atom stereocenters. The molecule has 1 amide bonds. The summed E-state index contributed by atoms with van der Waals surface area (Å²) in [4.78, 5) is 14.2.